The van der Waals surface area contributed by atoms with Gasteiger partial charge in [0, 0.05) is 41.4 Å². The quantitative estimate of drug-likeness (QED) is 0.790. The lowest BCUT2D eigenvalue weighted by Gasteiger charge is -2.32. The Morgan fingerprint density at radius 1 is 1.17 bits per heavy atom. The zero-order valence-corrected chi connectivity index (χ0v) is 15.1. The number of anilines is 1. The van der Waals surface area contributed by atoms with Crippen molar-refractivity contribution >= 4 is 27.5 Å². The van der Waals surface area contributed by atoms with Crippen LogP contribution in [0.2, 0.25) is 0 Å². The van der Waals surface area contributed by atoms with Crippen molar-refractivity contribution in [2.75, 3.05) is 18.8 Å². The molecule has 0 atom stereocenters. The van der Waals surface area contributed by atoms with Gasteiger partial charge in [0.15, 0.2) is 0 Å². The van der Waals surface area contributed by atoms with Gasteiger partial charge in [0.2, 0.25) is 0 Å². The number of nitrogen functional groups attached to an aromatic ring is 1. The Balaban J connectivity index is 1.48. The number of piperidine rings is 1. The van der Waals surface area contributed by atoms with Gasteiger partial charge in [-0.3, -0.25) is 9.69 Å². The first-order chi connectivity index (χ1) is 11.6. The van der Waals surface area contributed by atoms with Crippen LogP contribution in [0.1, 0.15) is 28.8 Å². The summed E-state index contributed by atoms with van der Waals surface area (Å²) >= 11 is 3.46. The largest absolute Gasteiger partial charge is 0.399 e. The summed E-state index contributed by atoms with van der Waals surface area (Å²) in [5, 5.41) is 3.13. The minimum Gasteiger partial charge on any atom is -0.399 e. The molecule has 2 aromatic carbocycles. The third kappa shape index (κ3) is 4.58. The molecule has 1 fully saturated rings. The highest BCUT2D eigenvalue weighted by Gasteiger charge is 2.21. The number of carbonyl (C=O) groups excluding carboxylic acids is 1. The summed E-state index contributed by atoms with van der Waals surface area (Å²) in [5.74, 6) is -0.0336. The lowest BCUT2D eigenvalue weighted by Crippen LogP contribution is -2.44. The van der Waals surface area contributed by atoms with E-state index >= 15 is 0 Å². The van der Waals surface area contributed by atoms with E-state index in [1.165, 1.54) is 5.56 Å². The van der Waals surface area contributed by atoms with Gasteiger partial charge in [0.05, 0.1) is 0 Å². The third-order valence-corrected chi connectivity index (χ3v) is 4.92. The van der Waals surface area contributed by atoms with Gasteiger partial charge in [-0.1, -0.05) is 34.1 Å². The van der Waals surface area contributed by atoms with Crippen molar-refractivity contribution in [2.45, 2.75) is 25.4 Å². The molecule has 1 amide bonds. The van der Waals surface area contributed by atoms with E-state index in [4.69, 9.17) is 5.73 Å². The fraction of sp³-hybridized carbons (Fsp3) is 0.316. The average Bonchev–Trinajstić information content (AvgIpc) is 2.59. The van der Waals surface area contributed by atoms with Gasteiger partial charge in [-0.05, 0) is 48.7 Å². The Bertz CT molecular complexity index is 694. The smallest absolute Gasteiger partial charge is 0.251 e. The average molecular weight is 388 g/mol. The highest BCUT2D eigenvalue weighted by molar-refractivity contribution is 9.10. The van der Waals surface area contributed by atoms with Gasteiger partial charge >= 0.3 is 0 Å². The lowest BCUT2D eigenvalue weighted by atomic mass is 10.0. The summed E-state index contributed by atoms with van der Waals surface area (Å²) in [7, 11) is 0. The first kappa shape index (κ1) is 17.0. The molecule has 3 N–H and O–H groups in total. The van der Waals surface area contributed by atoms with Crippen molar-refractivity contribution in [3.8, 4) is 0 Å². The van der Waals surface area contributed by atoms with Gasteiger partial charge in [0.25, 0.3) is 5.91 Å². The van der Waals surface area contributed by atoms with Gasteiger partial charge in [-0.15, -0.1) is 0 Å². The van der Waals surface area contributed by atoms with Crippen LogP contribution in [-0.4, -0.2) is 29.9 Å². The molecule has 1 aliphatic heterocycles. The van der Waals surface area contributed by atoms with Gasteiger partial charge in [0.1, 0.15) is 0 Å². The standard InChI is InChI=1S/C19H22BrN3O/c20-16-6-4-14(5-7-16)13-23-10-8-18(9-11-23)22-19(24)15-2-1-3-17(21)12-15/h1-7,12,18H,8-11,13,21H2,(H,22,24). The van der Waals surface area contributed by atoms with Crippen LogP contribution in [0.3, 0.4) is 0 Å². The number of nitrogens with zero attached hydrogens (tertiary/aromatic N) is 1. The Morgan fingerprint density at radius 2 is 1.88 bits per heavy atom. The van der Waals surface area contributed by atoms with Crippen molar-refractivity contribution in [2.24, 2.45) is 0 Å². The third-order valence-electron chi connectivity index (χ3n) is 4.39. The molecule has 1 aliphatic rings. The van der Waals surface area contributed by atoms with Crippen LogP contribution < -0.4 is 11.1 Å². The second-order valence-corrected chi connectivity index (χ2v) is 7.19. The van der Waals surface area contributed by atoms with Crippen LogP contribution >= 0.6 is 15.9 Å². The minimum absolute atomic E-state index is 0.0336. The number of rotatable bonds is 4. The predicted octanol–water partition coefficient (Wildman–Crippen LogP) is 3.43. The van der Waals surface area contributed by atoms with Crippen molar-refractivity contribution < 1.29 is 4.79 Å². The highest BCUT2D eigenvalue weighted by Crippen LogP contribution is 2.17. The van der Waals surface area contributed by atoms with Crippen LogP contribution in [0.5, 0.6) is 0 Å². The van der Waals surface area contributed by atoms with E-state index in [2.05, 4.69) is 50.4 Å². The maximum absolute atomic E-state index is 12.3. The minimum atomic E-state index is -0.0336. The molecule has 3 rings (SSSR count). The first-order valence-electron chi connectivity index (χ1n) is 8.23. The van der Waals surface area contributed by atoms with E-state index in [0.29, 0.717) is 11.3 Å². The van der Waals surface area contributed by atoms with Gasteiger partial charge in [-0.2, -0.15) is 0 Å². The number of benzene rings is 2. The number of hydrogen-bond acceptors (Lipinski definition) is 3. The number of hydrogen-bond donors (Lipinski definition) is 2. The second kappa shape index (κ2) is 7.81. The molecule has 0 bridgehead atoms. The number of carbonyl (C=O) groups is 1. The molecule has 1 saturated heterocycles. The fourth-order valence-corrected chi connectivity index (χ4v) is 3.30. The van der Waals surface area contributed by atoms with E-state index in [-0.39, 0.29) is 11.9 Å². The molecule has 0 unspecified atom stereocenters. The number of halogens is 1. The number of nitrogens with one attached hydrogen (secondary N) is 1. The molecule has 1 heterocycles. The molecule has 0 aliphatic carbocycles. The van der Waals surface area contributed by atoms with Gasteiger partial charge < -0.3 is 11.1 Å². The molecule has 4 nitrogen and oxygen atoms in total. The SMILES string of the molecule is Nc1cccc(C(=O)NC2CCN(Cc3ccc(Br)cc3)CC2)c1. The number of amides is 1. The van der Waals surface area contributed by atoms with Crippen LogP contribution in [0.4, 0.5) is 5.69 Å². The lowest BCUT2D eigenvalue weighted by molar-refractivity contribution is 0.0909. The Labute approximate surface area is 151 Å². The molecule has 5 heteroatoms. The van der Waals surface area contributed by atoms with Crippen molar-refractivity contribution in [1.82, 2.24) is 10.2 Å². The van der Waals surface area contributed by atoms with Gasteiger partial charge in [-0.25, -0.2) is 0 Å². The molecule has 24 heavy (non-hydrogen) atoms. The van der Waals surface area contributed by atoms with Crippen molar-refractivity contribution in [1.29, 1.82) is 0 Å². The molecular formula is C19H22BrN3O. The van der Waals surface area contributed by atoms with E-state index in [1.54, 1.807) is 18.2 Å². The first-order valence-corrected chi connectivity index (χ1v) is 9.02. The van der Waals surface area contributed by atoms with Crippen molar-refractivity contribution in [3.63, 3.8) is 0 Å². The summed E-state index contributed by atoms with van der Waals surface area (Å²) in [6, 6.07) is 15.8. The fourth-order valence-electron chi connectivity index (χ4n) is 3.03. The maximum Gasteiger partial charge on any atom is 0.251 e. The summed E-state index contributed by atoms with van der Waals surface area (Å²) in [6.07, 6.45) is 1.95. The zero-order valence-electron chi connectivity index (χ0n) is 13.5. The van der Waals surface area contributed by atoms with Crippen LogP contribution in [0.25, 0.3) is 0 Å². The van der Waals surface area contributed by atoms with E-state index in [9.17, 15) is 4.79 Å². The van der Waals surface area contributed by atoms with E-state index in [0.717, 1.165) is 36.9 Å². The molecule has 0 aromatic heterocycles. The molecule has 0 saturated carbocycles. The van der Waals surface area contributed by atoms with Crippen LogP contribution in [0.15, 0.2) is 53.0 Å². The van der Waals surface area contributed by atoms with E-state index in [1.807, 2.05) is 6.07 Å². The maximum atomic E-state index is 12.3. The summed E-state index contributed by atoms with van der Waals surface area (Å²) in [5.41, 5.74) is 8.31. The Kier molecular flexibility index (Phi) is 5.53. The molecule has 126 valence electrons. The monoisotopic (exact) mass is 387 g/mol. The van der Waals surface area contributed by atoms with Crippen molar-refractivity contribution in [3.05, 3.63) is 64.1 Å². The van der Waals surface area contributed by atoms with Crippen LogP contribution in [-0.2, 0) is 6.54 Å². The zero-order chi connectivity index (χ0) is 16.9. The Hall–Kier alpha value is -1.85. The summed E-state index contributed by atoms with van der Waals surface area (Å²) in [6.45, 7) is 2.96. The predicted molar refractivity (Wildman–Crippen MR) is 101 cm³/mol. The summed E-state index contributed by atoms with van der Waals surface area (Å²) < 4.78 is 1.11. The number of nitrogens with two attached hydrogens (primary N) is 1. The normalized spacial score (nSPS) is 16.0. The molecular weight excluding hydrogens is 366 g/mol. The number of likely N-dealkylation sites (tertiary alicyclic amines) is 1. The van der Waals surface area contributed by atoms with E-state index < -0.39 is 0 Å². The topological polar surface area (TPSA) is 58.4 Å². The molecule has 2 aromatic rings. The summed E-state index contributed by atoms with van der Waals surface area (Å²) in [4.78, 5) is 14.7. The molecule has 0 spiro atoms. The van der Waals surface area contributed by atoms with Crippen LogP contribution in [0, 0.1) is 0 Å². The molecule has 0 radical (unpaired) electrons. The highest BCUT2D eigenvalue weighted by atomic mass is 79.9. The second-order valence-electron chi connectivity index (χ2n) is 6.28. The Morgan fingerprint density at radius 3 is 2.54 bits per heavy atom.